The smallest absolute Gasteiger partial charge is 0.362 e. The molecule has 0 saturated heterocycles. The van der Waals surface area contributed by atoms with E-state index in [0.717, 1.165) is 5.56 Å². The number of aliphatic hydroxyl groups is 1. The lowest BCUT2D eigenvalue weighted by molar-refractivity contribution is -0.138. The number of esters is 1. The van der Waals surface area contributed by atoms with Gasteiger partial charge < -0.3 is 9.84 Å². The van der Waals surface area contributed by atoms with Gasteiger partial charge in [0.05, 0.1) is 22.3 Å². The molecule has 0 spiro atoms. The minimum Gasteiger partial charge on any atom is -0.504 e. The zero-order valence-corrected chi connectivity index (χ0v) is 17.9. The van der Waals surface area contributed by atoms with Crippen LogP contribution in [0, 0.1) is 13.8 Å². The van der Waals surface area contributed by atoms with E-state index in [1.165, 1.54) is 6.07 Å². The van der Waals surface area contributed by atoms with E-state index >= 15 is 0 Å². The van der Waals surface area contributed by atoms with E-state index in [9.17, 15) is 9.90 Å². The van der Waals surface area contributed by atoms with E-state index < -0.39 is 11.7 Å². The number of rotatable bonds is 5. The number of benzene rings is 1. The lowest BCUT2D eigenvalue weighted by Crippen LogP contribution is -2.09. The second-order valence-electron chi connectivity index (χ2n) is 5.44. The molecule has 0 saturated carbocycles. The molecule has 9 heteroatoms. The van der Waals surface area contributed by atoms with Gasteiger partial charge in [-0.2, -0.15) is 5.11 Å². The number of azo groups is 1. The summed E-state index contributed by atoms with van der Waals surface area (Å²) in [5, 5.41) is 19.1. The SMILES string of the molecule is CCOC(=O)/C(N=Nc1ccc(Cl)c(Cl)c1)=C(\O)c1nc(C)c(C)cc1Br. The fourth-order valence-electron chi connectivity index (χ4n) is 1.99. The quantitative estimate of drug-likeness (QED) is 0.238. The van der Waals surface area contributed by atoms with Crippen LogP contribution in [0.4, 0.5) is 5.69 Å². The summed E-state index contributed by atoms with van der Waals surface area (Å²) in [5.74, 6) is -1.28. The van der Waals surface area contributed by atoms with Crippen molar-refractivity contribution in [3.05, 3.63) is 61.4 Å². The van der Waals surface area contributed by atoms with Crippen molar-refractivity contribution < 1.29 is 14.6 Å². The zero-order valence-electron chi connectivity index (χ0n) is 14.8. The first-order valence-corrected chi connectivity index (χ1v) is 9.40. The molecule has 0 radical (unpaired) electrons. The number of aromatic nitrogens is 1. The van der Waals surface area contributed by atoms with E-state index in [4.69, 9.17) is 27.9 Å². The van der Waals surface area contributed by atoms with Crippen molar-refractivity contribution in [3.8, 4) is 0 Å². The lowest BCUT2D eigenvalue weighted by Gasteiger charge is -2.09. The average Bonchev–Trinajstić information content (AvgIpc) is 2.61. The Morgan fingerprint density at radius 2 is 1.96 bits per heavy atom. The van der Waals surface area contributed by atoms with Gasteiger partial charge in [0, 0.05) is 10.2 Å². The molecular formula is C18H16BrCl2N3O3. The van der Waals surface area contributed by atoms with Crippen LogP contribution in [-0.4, -0.2) is 22.7 Å². The van der Waals surface area contributed by atoms with Crippen molar-refractivity contribution in [2.75, 3.05) is 6.61 Å². The van der Waals surface area contributed by atoms with Crippen LogP contribution < -0.4 is 0 Å². The Morgan fingerprint density at radius 3 is 2.59 bits per heavy atom. The van der Waals surface area contributed by atoms with Crippen LogP contribution in [0.3, 0.4) is 0 Å². The third-order valence-electron chi connectivity index (χ3n) is 3.51. The molecule has 1 N–H and O–H groups in total. The second kappa shape index (κ2) is 9.30. The third-order valence-corrected chi connectivity index (χ3v) is 4.85. The highest BCUT2D eigenvalue weighted by atomic mass is 79.9. The van der Waals surface area contributed by atoms with Gasteiger partial charge >= 0.3 is 5.97 Å². The fourth-order valence-corrected chi connectivity index (χ4v) is 2.90. The van der Waals surface area contributed by atoms with Crippen molar-refractivity contribution >= 4 is 56.5 Å². The van der Waals surface area contributed by atoms with Gasteiger partial charge in [-0.15, -0.1) is 5.11 Å². The highest BCUT2D eigenvalue weighted by Crippen LogP contribution is 2.29. The maximum absolute atomic E-state index is 12.3. The first-order chi connectivity index (χ1) is 12.7. The third kappa shape index (κ3) is 5.28. The first-order valence-electron chi connectivity index (χ1n) is 7.85. The molecule has 0 aliphatic carbocycles. The lowest BCUT2D eigenvalue weighted by atomic mass is 10.2. The molecule has 0 aliphatic heterocycles. The molecule has 2 rings (SSSR count). The summed E-state index contributed by atoms with van der Waals surface area (Å²) in [6.07, 6.45) is 0. The Morgan fingerprint density at radius 1 is 1.26 bits per heavy atom. The number of carbonyl (C=O) groups is 1. The number of carbonyl (C=O) groups excluding carboxylic acids is 1. The molecule has 0 fully saturated rings. The number of nitrogens with zero attached hydrogens (tertiary/aromatic N) is 3. The molecule has 0 amide bonds. The molecule has 1 aromatic carbocycles. The van der Waals surface area contributed by atoms with E-state index in [2.05, 4.69) is 31.1 Å². The number of pyridine rings is 1. The van der Waals surface area contributed by atoms with Crippen molar-refractivity contribution in [1.29, 1.82) is 0 Å². The van der Waals surface area contributed by atoms with Gasteiger partial charge in [0.2, 0.25) is 5.70 Å². The van der Waals surface area contributed by atoms with Crippen LogP contribution in [-0.2, 0) is 9.53 Å². The number of aryl methyl sites for hydroxylation is 2. The molecule has 6 nitrogen and oxygen atoms in total. The summed E-state index contributed by atoms with van der Waals surface area (Å²) in [6, 6.07) is 6.39. The van der Waals surface area contributed by atoms with Gasteiger partial charge in [-0.3, -0.25) is 0 Å². The Labute approximate surface area is 175 Å². The van der Waals surface area contributed by atoms with Crippen LogP contribution in [0.1, 0.15) is 23.9 Å². The van der Waals surface area contributed by atoms with Gasteiger partial charge in [-0.1, -0.05) is 23.2 Å². The van der Waals surface area contributed by atoms with Crippen molar-refractivity contribution in [2.24, 2.45) is 10.2 Å². The normalized spacial score (nSPS) is 12.2. The van der Waals surface area contributed by atoms with E-state index in [1.54, 1.807) is 32.0 Å². The maximum atomic E-state index is 12.3. The van der Waals surface area contributed by atoms with Crippen LogP contribution in [0.15, 0.2) is 44.7 Å². The molecule has 1 aromatic heterocycles. The van der Waals surface area contributed by atoms with Crippen molar-refractivity contribution in [2.45, 2.75) is 20.8 Å². The predicted molar refractivity (Wildman–Crippen MR) is 109 cm³/mol. The van der Waals surface area contributed by atoms with Crippen LogP contribution in [0.5, 0.6) is 0 Å². The number of hydrogen-bond acceptors (Lipinski definition) is 6. The van der Waals surface area contributed by atoms with Gasteiger partial charge in [0.25, 0.3) is 0 Å². The maximum Gasteiger partial charge on any atom is 0.362 e. The summed E-state index contributed by atoms with van der Waals surface area (Å²) in [5.41, 5.74) is 1.76. The molecule has 0 atom stereocenters. The van der Waals surface area contributed by atoms with E-state index in [1.807, 2.05) is 6.92 Å². The van der Waals surface area contributed by atoms with E-state index in [-0.39, 0.29) is 23.0 Å². The molecular weight excluding hydrogens is 457 g/mol. The van der Waals surface area contributed by atoms with E-state index in [0.29, 0.717) is 20.9 Å². The topological polar surface area (TPSA) is 84.1 Å². The summed E-state index contributed by atoms with van der Waals surface area (Å²) >= 11 is 15.2. The number of aliphatic hydroxyl groups excluding tert-OH is 1. The molecule has 0 bridgehead atoms. The van der Waals surface area contributed by atoms with Gasteiger partial charge in [-0.25, -0.2) is 9.78 Å². The minimum atomic E-state index is -0.828. The van der Waals surface area contributed by atoms with Gasteiger partial charge in [-0.05, 0) is 66.5 Å². The molecule has 0 unspecified atom stereocenters. The average molecular weight is 473 g/mol. The summed E-state index contributed by atoms with van der Waals surface area (Å²) in [7, 11) is 0. The molecule has 1 heterocycles. The first kappa shape index (κ1) is 21.3. The number of ether oxygens (including phenoxy) is 1. The predicted octanol–water partition coefficient (Wildman–Crippen LogP) is 6.34. The Kier molecular flexibility index (Phi) is 7.35. The number of halogens is 3. The Hall–Kier alpha value is -1.96. The molecule has 27 heavy (non-hydrogen) atoms. The standard InChI is InChI=1S/C18H16BrCl2N3O3/c1-4-27-18(26)16(24-23-11-5-6-13(20)14(21)8-11)17(25)15-12(19)7-9(2)10(3)22-15/h5-8,25H,4H2,1-3H3/b17-16+,24-23?. The molecule has 2 aromatic rings. The van der Waals surface area contributed by atoms with Gasteiger partial charge in [0.1, 0.15) is 5.69 Å². The largest absolute Gasteiger partial charge is 0.504 e. The van der Waals surface area contributed by atoms with Crippen molar-refractivity contribution in [3.63, 3.8) is 0 Å². The minimum absolute atomic E-state index is 0.111. The highest BCUT2D eigenvalue weighted by Gasteiger charge is 2.21. The fraction of sp³-hybridized carbons (Fsp3) is 0.222. The van der Waals surface area contributed by atoms with Crippen molar-refractivity contribution in [1.82, 2.24) is 4.98 Å². The van der Waals surface area contributed by atoms with Crippen LogP contribution in [0.25, 0.3) is 5.76 Å². The van der Waals surface area contributed by atoms with Crippen LogP contribution >= 0.6 is 39.1 Å². The van der Waals surface area contributed by atoms with Gasteiger partial charge in [0.15, 0.2) is 5.76 Å². The summed E-state index contributed by atoms with van der Waals surface area (Å²) in [6.45, 7) is 5.43. The summed E-state index contributed by atoms with van der Waals surface area (Å²) < 4.78 is 5.48. The highest BCUT2D eigenvalue weighted by molar-refractivity contribution is 9.10. The monoisotopic (exact) mass is 471 g/mol. The second-order valence-corrected chi connectivity index (χ2v) is 7.11. The molecule has 0 aliphatic rings. The van der Waals surface area contributed by atoms with Crippen LogP contribution in [0.2, 0.25) is 10.0 Å². The summed E-state index contributed by atoms with van der Waals surface area (Å²) in [4.78, 5) is 16.6. The number of hydrogen-bond donors (Lipinski definition) is 1. The Bertz CT molecular complexity index is 946. The zero-order chi connectivity index (χ0) is 20.1. The molecule has 142 valence electrons. The Balaban J connectivity index is 2.54.